The van der Waals surface area contributed by atoms with Gasteiger partial charge in [-0.3, -0.25) is 4.79 Å². The molecule has 0 aliphatic heterocycles. The fourth-order valence-electron chi connectivity index (χ4n) is 1.79. The zero-order valence-corrected chi connectivity index (χ0v) is 11.8. The molecule has 2 rings (SSSR count). The first-order valence-electron chi connectivity index (χ1n) is 6.71. The van der Waals surface area contributed by atoms with E-state index >= 15 is 0 Å². The largest absolute Gasteiger partial charge is 0.491 e. The minimum atomic E-state index is -0.506. The summed E-state index contributed by atoms with van der Waals surface area (Å²) in [7, 11) is 0. The summed E-state index contributed by atoms with van der Waals surface area (Å²) in [6, 6.07) is 12.0. The zero-order chi connectivity index (χ0) is 15.2. The third kappa shape index (κ3) is 3.66. The second-order valence-corrected chi connectivity index (χ2v) is 4.51. The van der Waals surface area contributed by atoms with Crippen molar-refractivity contribution in [3.05, 3.63) is 48.0 Å². The van der Waals surface area contributed by atoms with Crippen molar-refractivity contribution >= 4 is 11.6 Å². The van der Waals surface area contributed by atoms with Crippen molar-refractivity contribution in [2.24, 2.45) is 5.73 Å². The van der Waals surface area contributed by atoms with Gasteiger partial charge in [-0.25, -0.2) is 0 Å². The molecule has 5 heteroatoms. The summed E-state index contributed by atoms with van der Waals surface area (Å²) >= 11 is 0. The lowest BCUT2D eigenvalue weighted by molar-refractivity contribution is 0.1000. The molecule has 4 N–H and O–H groups in total. The molecule has 2 aromatic carbocycles. The Kier molecular flexibility index (Phi) is 4.66. The van der Waals surface area contributed by atoms with Gasteiger partial charge in [-0.15, -0.1) is 0 Å². The Hall–Kier alpha value is -2.69. The molecular weight excluding hydrogens is 268 g/mol. The number of carbonyl (C=O) groups excluding carboxylic acids is 1. The van der Waals surface area contributed by atoms with Crippen LogP contribution in [0.25, 0.3) is 0 Å². The Balaban J connectivity index is 2.23. The van der Waals surface area contributed by atoms with Crippen LogP contribution in [0.5, 0.6) is 17.2 Å². The van der Waals surface area contributed by atoms with E-state index in [0.717, 1.165) is 6.42 Å². The van der Waals surface area contributed by atoms with Crippen LogP contribution in [-0.4, -0.2) is 12.5 Å². The molecule has 0 aliphatic rings. The molecule has 110 valence electrons. The van der Waals surface area contributed by atoms with Gasteiger partial charge in [0.2, 0.25) is 5.91 Å². The Morgan fingerprint density at radius 1 is 1.14 bits per heavy atom. The standard InChI is InChI=1S/C16H18N2O3/c1-2-9-20-13-7-4-8-14(15(13)17)21-12-6-3-5-11(10-12)16(18)19/h3-8,10H,2,9,17H2,1H3,(H2,18,19). The van der Waals surface area contributed by atoms with E-state index in [1.165, 1.54) is 0 Å². The number of amides is 1. The molecule has 0 aliphatic carbocycles. The van der Waals surface area contributed by atoms with E-state index in [4.69, 9.17) is 20.9 Å². The van der Waals surface area contributed by atoms with Crippen molar-refractivity contribution in [1.29, 1.82) is 0 Å². The summed E-state index contributed by atoms with van der Waals surface area (Å²) in [5.74, 6) is 1.05. The third-order valence-electron chi connectivity index (χ3n) is 2.83. The normalized spacial score (nSPS) is 10.1. The first-order valence-corrected chi connectivity index (χ1v) is 6.71. The van der Waals surface area contributed by atoms with Gasteiger partial charge >= 0.3 is 0 Å². The molecule has 0 bridgehead atoms. The molecule has 0 spiro atoms. The summed E-state index contributed by atoms with van der Waals surface area (Å²) in [5.41, 5.74) is 12.1. The van der Waals surface area contributed by atoms with Crippen molar-refractivity contribution < 1.29 is 14.3 Å². The number of hydrogen-bond acceptors (Lipinski definition) is 4. The average Bonchev–Trinajstić information content (AvgIpc) is 2.48. The Bertz CT molecular complexity index is 641. The zero-order valence-electron chi connectivity index (χ0n) is 11.8. The van der Waals surface area contributed by atoms with Crippen LogP contribution in [0.4, 0.5) is 5.69 Å². The highest BCUT2D eigenvalue weighted by molar-refractivity contribution is 5.93. The summed E-state index contributed by atoms with van der Waals surface area (Å²) in [5, 5.41) is 0. The van der Waals surface area contributed by atoms with E-state index in [1.54, 1.807) is 42.5 Å². The van der Waals surface area contributed by atoms with Crippen molar-refractivity contribution in [2.45, 2.75) is 13.3 Å². The summed E-state index contributed by atoms with van der Waals surface area (Å²) in [6.07, 6.45) is 0.894. The van der Waals surface area contributed by atoms with E-state index in [0.29, 0.717) is 35.1 Å². The van der Waals surface area contributed by atoms with Gasteiger partial charge in [0.15, 0.2) is 5.75 Å². The first kappa shape index (κ1) is 14.7. The summed E-state index contributed by atoms with van der Waals surface area (Å²) < 4.78 is 11.3. The lowest BCUT2D eigenvalue weighted by atomic mass is 10.2. The van der Waals surface area contributed by atoms with Crippen LogP contribution >= 0.6 is 0 Å². The second kappa shape index (κ2) is 6.65. The molecule has 0 aromatic heterocycles. The van der Waals surface area contributed by atoms with Crippen LogP contribution in [0.2, 0.25) is 0 Å². The van der Waals surface area contributed by atoms with Crippen molar-refractivity contribution in [3.63, 3.8) is 0 Å². The van der Waals surface area contributed by atoms with E-state index in [9.17, 15) is 4.79 Å². The molecule has 0 fully saturated rings. The van der Waals surface area contributed by atoms with Crippen LogP contribution in [0.15, 0.2) is 42.5 Å². The highest BCUT2D eigenvalue weighted by Crippen LogP contribution is 2.34. The van der Waals surface area contributed by atoms with Crippen LogP contribution in [0, 0.1) is 0 Å². The number of ether oxygens (including phenoxy) is 2. The third-order valence-corrected chi connectivity index (χ3v) is 2.83. The molecule has 0 unspecified atom stereocenters. The smallest absolute Gasteiger partial charge is 0.248 e. The minimum Gasteiger partial charge on any atom is -0.491 e. The fourth-order valence-corrected chi connectivity index (χ4v) is 1.79. The maximum absolute atomic E-state index is 11.2. The molecule has 2 aromatic rings. The van der Waals surface area contributed by atoms with E-state index in [2.05, 4.69) is 0 Å². The number of carbonyl (C=O) groups is 1. The molecule has 0 radical (unpaired) electrons. The number of anilines is 1. The Morgan fingerprint density at radius 3 is 2.57 bits per heavy atom. The Morgan fingerprint density at radius 2 is 1.86 bits per heavy atom. The highest BCUT2D eigenvalue weighted by atomic mass is 16.5. The summed E-state index contributed by atoms with van der Waals surface area (Å²) in [6.45, 7) is 2.61. The van der Waals surface area contributed by atoms with Crippen LogP contribution in [0.3, 0.4) is 0 Å². The molecule has 0 saturated carbocycles. The van der Waals surface area contributed by atoms with Gasteiger partial charge in [-0.2, -0.15) is 0 Å². The molecule has 0 atom stereocenters. The number of nitrogens with two attached hydrogens (primary N) is 2. The maximum atomic E-state index is 11.2. The molecule has 1 amide bonds. The maximum Gasteiger partial charge on any atom is 0.248 e. The van der Waals surface area contributed by atoms with Crippen LogP contribution in [-0.2, 0) is 0 Å². The van der Waals surface area contributed by atoms with E-state index in [-0.39, 0.29) is 0 Å². The van der Waals surface area contributed by atoms with E-state index in [1.807, 2.05) is 6.92 Å². The summed E-state index contributed by atoms with van der Waals surface area (Å²) in [4.78, 5) is 11.2. The van der Waals surface area contributed by atoms with E-state index < -0.39 is 5.91 Å². The monoisotopic (exact) mass is 286 g/mol. The van der Waals surface area contributed by atoms with Gasteiger partial charge in [0, 0.05) is 5.56 Å². The number of benzene rings is 2. The van der Waals surface area contributed by atoms with Crippen LogP contribution in [0.1, 0.15) is 23.7 Å². The molecule has 0 heterocycles. The molecular formula is C16H18N2O3. The van der Waals surface area contributed by atoms with Gasteiger partial charge in [0.1, 0.15) is 17.2 Å². The quantitative estimate of drug-likeness (QED) is 0.799. The average molecular weight is 286 g/mol. The number of para-hydroxylation sites is 1. The van der Waals surface area contributed by atoms with Crippen molar-refractivity contribution in [2.75, 3.05) is 12.3 Å². The predicted molar refractivity (Wildman–Crippen MR) is 81.7 cm³/mol. The number of rotatable bonds is 6. The SMILES string of the molecule is CCCOc1cccc(Oc2cccc(C(N)=O)c2)c1N. The lowest BCUT2D eigenvalue weighted by Gasteiger charge is -2.13. The van der Waals surface area contributed by atoms with Crippen molar-refractivity contribution in [3.8, 4) is 17.2 Å². The van der Waals surface area contributed by atoms with Gasteiger partial charge in [-0.05, 0) is 36.8 Å². The first-order chi connectivity index (χ1) is 10.1. The topological polar surface area (TPSA) is 87.6 Å². The highest BCUT2D eigenvalue weighted by Gasteiger charge is 2.09. The van der Waals surface area contributed by atoms with Gasteiger partial charge in [0.05, 0.1) is 6.61 Å². The predicted octanol–water partition coefficient (Wildman–Crippen LogP) is 2.95. The minimum absolute atomic E-state index is 0.379. The Labute approximate surface area is 123 Å². The van der Waals surface area contributed by atoms with Crippen LogP contribution < -0.4 is 20.9 Å². The van der Waals surface area contributed by atoms with Gasteiger partial charge in [-0.1, -0.05) is 19.1 Å². The second-order valence-electron chi connectivity index (χ2n) is 4.51. The van der Waals surface area contributed by atoms with Gasteiger partial charge in [0.25, 0.3) is 0 Å². The van der Waals surface area contributed by atoms with Crippen molar-refractivity contribution in [1.82, 2.24) is 0 Å². The lowest BCUT2D eigenvalue weighted by Crippen LogP contribution is -2.10. The fraction of sp³-hybridized carbons (Fsp3) is 0.188. The number of hydrogen-bond donors (Lipinski definition) is 2. The molecule has 5 nitrogen and oxygen atoms in total. The number of nitrogen functional groups attached to an aromatic ring is 1. The number of primary amides is 1. The molecule has 0 saturated heterocycles. The molecule has 21 heavy (non-hydrogen) atoms. The van der Waals surface area contributed by atoms with Gasteiger partial charge < -0.3 is 20.9 Å².